The van der Waals surface area contributed by atoms with Gasteiger partial charge in [0.1, 0.15) is 0 Å². The second-order valence-corrected chi connectivity index (χ2v) is 53.1. The van der Waals surface area contributed by atoms with Crippen molar-refractivity contribution < 1.29 is 16.3 Å². The van der Waals surface area contributed by atoms with Gasteiger partial charge in [-0.15, -0.1) is 0 Å². The van der Waals surface area contributed by atoms with Gasteiger partial charge < -0.3 is 0 Å². The van der Waals surface area contributed by atoms with E-state index >= 15 is 0 Å². The van der Waals surface area contributed by atoms with Gasteiger partial charge in [-0.1, -0.05) is 0 Å². The topological polar surface area (TPSA) is 55.4 Å². The molecule has 0 radical (unpaired) electrons. The molecule has 8 atom stereocenters. The molecule has 0 saturated carbocycles. The molecule has 8 bridgehead atoms. The van der Waals surface area contributed by atoms with Gasteiger partial charge in [0, 0.05) is 0 Å². The fourth-order valence-electron chi connectivity index (χ4n) is 2.24. The summed E-state index contributed by atoms with van der Waals surface area (Å²) in [7, 11) is 0. The second kappa shape index (κ2) is 7.09. The first-order chi connectivity index (χ1) is 9.80. The number of hydrogen-bond donors (Lipinski definition) is 0. The van der Waals surface area contributed by atoms with Crippen LogP contribution in [0.25, 0.3) is 0 Å². The van der Waals surface area contributed by atoms with Gasteiger partial charge in [-0.25, -0.2) is 0 Å². The summed E-state index contributed by atoms with van der Waals surface area (Å²) in [6.45, 7) is 0. The Labute approximate surface area is 159 Å². The molecule has 0 aliphatic carbocycles. The molecule has 14 heteroatoms. The van der Waals surface area contributed by atoms with Crippen molar-refractivity contribution in [1.82, 2.24) is 0 Å². The van der Waals surface area contributed by atoms with Crippen molar-refractivity contribution in [3.63, 3.8) is 0 Å². The van der Waals surface area contributed by atoms with Gasteiger partial charge in [0.05, 0.1) is 0 Å². The predicted octanol–water partition coefficient (Wildman–Crippen LogP) is -0.692. The van der Waals surface area contributed by atoms with Gasteiger partial charge in [0.2, 0.25) is 0 Å². The molecule has 0 aromatic rings. The third kappa shape index (κ3) is 3.67. The first kappa shape index (κ1) is 16.4. The van der Waals surface area contributed by atoms with Crippen LogP contribution < -0.4 is 0 Å². The summed E-state index contributed by atoms with van der Waals surface area (Å²) in [4.78, 5) is 0. The van der Waals surface area contributed by atoms with Crippen molar-refractivity contribution in [1.29, 1.82) is 0 Å². The van der Waals surface area contributed by atoms with E-state index in [0.29, 0.717) is 0 Å². The van der Waals surface area contributed by atoms with Gasteiger partial charge in [-0.3, -0.25) is 0 Å². The van der Waals surface area contributed by atoms with Gasteiger partial charge in [0.15, 0.2) is 0 Å². The molecule has 20 heavy (non-hydrogen) atoms. The minimum absolute atomic E-state index is 0.703. The summed E-state index contributed by atoms with van der Waals surface area (Å²) in [5.74, 6) is 0. The van der Waals surface area contributed by atoms with Crippen molar-refractivity contribution in [3.8, 4) is 0 Å². The van der Waals surface area contributed by atoms with Crippen molar-refractivity contribution in [2.24, 2.45) is 0 Å². The third-order valence-electron chi connectivity index (χ3n) is 2.91. The van der Waals surface area contributed by atoms with E-state index in [1.165, 1.54) is 24.0 Å². The average Bonchev–Trinajstić information content (AvgIpc) is 2.35. The van der Waals surface area contributed by atoms with E-state index in [-0.39, 0.29) is 0 Å². The summed E-state index contributed by atoms with van der Waals surface area (Å²) >= 11 is -7.12. The Morgan fingerprint density at radius 3 is 0.900 bits per heavy atom. The van der Waals surface area contributed by atoms with Crippen molar-refractivity contribution in [2.75, 3.05) is 0 Å². The minimum atomic E-state index is -1.08. The molecule has 8 aliphatic heterocycles. The van der Waals surface area contributed by atoms with Crippen molar-refractivity contribution in [3.05, 3.63) is 0 Å². The molecular formula is C6H12As8O6. The van der Waals surface area contributed by atoms with E-state index in [1.807, 2.05) is 0 Å². The molecular weight excluding hydrogens is 767 g/mol. The summed E-state index contributed by atoms with van der Waals surface area (Å²) in [5.41, 5.74) is 0. The van der Waals surface area contributed by atoms with E-state index in [4.69, 9.17) is 16.3 Å². The predicted molar refractivity (Wildman–Crippen MR) is 81.4 cm³/mol. The van der Waals surface area contributed by atoms with Crippen LogP contribution in [0.3, 0.4) is 0 Å². The maximum absolute atomic E-state index is 5.89. The molecule has 0 spiro atoms. The van der Waals surface area contributed by atoms with Crippen LogP contribution in [-0.2, 0) is 16.3 Å². The molecule has 0 aromatic heterocycles. The molecule has 8 saturated heterocycles. The van der Waals surface area contributed by atoms with Crippen LogP contribution in [0.1, 0.15) is 0 Å². The Bertz CT molecular complexity index is 251. The molecule has 8 rings (SSSR count). The van der Waals surface area contributed by atoms with E-state index in [0.717, 1.165) is 0 Å². The van der Waals surface area contributed by atoms with Crippen LogP contribution in [0.5, 0.6) is 0 Å². The summed E-state index contributed by atoms with van der Waals surface area (Å²) < 4.78 is 43.1. The van der Waals surface area contributed by atoms with E-state index < -0.39 is 121 Å². The van der Waals surface area contributed by atoms with Crippen LogP contribution in [-0.4, -0.2) is 121 Å². The monoisotopic (exact) mass is 779 g/mol. The summed E-state index contributed by atoms with van der Waals surface area (Å²) in [5, 5.41) is 0. The Kier molecular flexibility index (Phi) is 5.82. The Balaban J connectivity index is 0.0000000960. The van der Waals surface area contributed by atoms with Crippen molar-refractivity contribution in [2.45, 2.75) is 24.0 Å². The van der Waals surface area contributed by atoms with Crippen LogP contribution in [0.4, 0.5) is 0 Å². The first-order valence-corrected chi connectivity index (χ1v) is 31.1. The van der Waals surface area contributed by atoms with Gasteiger partial charge >= 0.3 is 162 Å². The maximum atomic E-state index is 5.89. The fourth-order valence-corrected chi connectivity index (χ4v) is 134. The summed E-state index contributed by atoms with van der Waals surface area (Å²) in [6.07, 6.45) is 0. The molecule has 8 fully saturated rings. The second-order valence-electron chi connectivity index (χ2n) is 4.60. The molecule has 112 valence electrons. The Hall–Kier alpha value is 4.23. The fraction of sp³-hybridized carbons (Fsp3) is 1.00. The first-order valence-electron chi connectivity index (χ1n) is 5.99. The molecule has 0 aromatic carbocycles. The van der Waals surface area contributed by atoms with Gasteiger partial charge in [-0.2, -0.15) is 0 Å². The van der Waals surface area contributed by atoms with Crippen molar-refractivity contribution >= 4 is 121 Å². The molecule has 0 N–H and O–H groups in total. The molecule has 0 amide bonds. The molecule has 6 nitrogen and oxygen atoms in total. The quantitative estimate of drug-likeness (QED) is 0.304. The van der Waals surface area contributed by atoms with Gasteiger partial charge in [-0.05, 0) is 0 Å². The zero-order valence-corrected chi connectivity index (χ0v) is 25.3. The normalized spacial score (nSPS) is 57.6. The van der Waals surface area contributed by atoms with Crippen LogP contribution in [0.2, 0.25) is 24.0 Å². The van der Waals surface area contributed by atoms with Crippen LogP contribution in [0, 0.1) is 0 Å². The Morgan fingerprint density at radius 2 is 0.650 bits per heavy atom. The van der Waals surface area contributed by atoms with Crippen LogP contribution >= 0.6 is 0 Å². The molecule has 8 unspecified atom stereocenters. The molecule has 8 aliphatic rings. The van der Waals surface area contributed by atoms with E-state index in [9.17, 15) is 0 Å². The van der Waals surface area contributed by atoms with Crippen LogP contribution in [0.15, 0.2) is 0 Å². The SMILES string of the molecule is C1[As]2C[As]3O[As]1C[As](O2)O3.C1[As]2C[As]3O[As]1C[As](O2)O3. The zero-order valence-electron chi connectivity index (χ0n) is 10.3. The Morgan fingerprint density at radius 1 is 0.350 bits per heavy atom. The summed E-state index contributed by atoms with van der Waals surface area (Å²) in [6, 6.07) is 0. The average molecular weight is 780 g/mol. The van der Waals surface area contributed by atoms with Gasteiger partial charge in [0.25, 0.3) is 0 Å². The number of hydrogen-bond acceptors (Lipinski definition) is 6. The standard InChI is InChI=1S/2C3H6As4O3/c2*1-4-2-6-9-5(1)3-7(8-4)10-6/h2*1-3H2. The van der Waals surface area contributed by atoms with E-state index in [1.54, 1.807) is 0 Å². The zero-order chi connectivity index (χ0) is 13.1. The number of rotatable bonds is 0. The molecule has 8 heterocycles. The third-order valence-corrected chi connectivity index (χ3v) is 78.7. The van der Waals surface area contributed by atoms with E-state index in [2.05, 4.69) is 0 Å².